The van der Waals surface area contributed by atoms with Crippen molar-refractivity contribution < 1.29 is 14.1 Å². The molecule has 0 aliphatic carbocycles. The third-order valence-electron chi connectivity index (χ3n) is 6.47. The van der Waals surface area contributed by atoms with Crippen molar-refractivity contribution in [2.24, 2.45) is 5.41 Å². The number of carbonyl (C=O) groups excluding carboxylic acids is 1. The van der Waals surface area contributed by atoms with E-state index in [0.29, 0.717) is 12.9 Å². The third-order valence-corrected chi connectivity index (χ3v) is 6.47. The molecule has 0 aromatic heterocycles. The summed E-state index contributed by atoms with van der Waals surface area (Å²) in [6, 6.07) is 10.1. The average Bonchev–Trinajstić information content (AvgIpc) is 2.91. The molecule has 28 heavy (non-hydrogen) atoms. The lowest BCUT2D eigenvalue weighted by atomic mass is 9.66. The molecule has 152 valence electrons. The Kier molecular flexibility index (Phi) is 5.09. The van der Waals surface area contributed by atoms with Crippen LogP contribution in [0.5, 0.6) is 0 Å². The number of hydrogen-bond donors (Lipinski definition) is 0. The zero-order valence-corrected chi connectivity index (χ0v) is 18.6. The van der Waals surface area contributed by atoms with Crippen LogP contribution in [-0.2, 0) is 14.1 Å². The molecule has 2 aliphatic heterocycles. The second-order valence-electron chi connectivity index (χ2n) is 10.5. The van der Waals surface area contributed by atoms with Gasteiger partial charge in [-0.2, -0.15) is 0 Å². The van der Waals surface area contributed by atoms with Gasteiger partial charge >= 0.3 is 7.12 Å². The second-order valence-corrected chi connectivity index (χ2v) is 10.5. The van der Waals surface area contributed by atoms with Gasteiger partial charge in [0.1, 0.15) is 0 Å². The Bertz CT molecular complexity index is 763. The van der Waals surface area contributed by atoms with Crippen LogP contribution < -0.4 is 0 Å². The van der Waals surface area contributed by atoms with Crippen LogP contribution in [0.1, 0.15) is 61.0 Å². The summed E-state index contributed by atoms with van der Waals surface area (Å²) < 4.78 is 12.5. The Hall–Kier alpha value is -1.59. The SMILES string of the molecule is CC(C)(C)N1C[C@](C)(CB2OC(C)(C)C(C)(C)O2)/C(=C/c2ccccc2)C1=O. The minimum atomic E-state index is -0.371. The molecule has 2 heterocycles. The highest BCUT2D eigenvalue weighted by atomic mass is 16.7. The summed E-state index contributed by atoms with van der Waals surface area (Å²) in [5.74, 6) is 0.107. The van der Waals surface area contributed by atoms with Crippen LogP contribution in [-0.4, -0.2) is 41.2 Å². The fourth-order valence-electron chi connectivity index (χ4n) is 3.99. The van der Waals surface area contributed by atoms with E-state index in [9.17, 15) is 4.79 Å². The van der Waals surface area contributed by atoms with E-state index in [1.807, 2.05) is 41.3 Å². The van der Waals surface area contributed by atoms with Crippen LogP contribution >= 0.6 is 0 Å². The summed E-state index contributed by atoms with van der Waals surface area (Å²) in [5.41, 5.74) is 0.556. The molecule has 0 unspecified atom stereocenters. The van der Waals surface area contributed by atoms with Gasteiger partial charge in [-0.1, -0.05) is 37.3 Å². The minimum Gasteiger partial charge on any atom is -0.403 e. The maximum absolute atomic E-state index is 13.4. The van der Waals surface area contributed by atoms with E-state index in [1.54, 1.807) is 0 Å². The summed E-state index contributed by atoms with van der Waals surface area (Å²) in [6.45, 7) is 17.4. The normalized spacial score (nSPS) is 28.4. The molecule has 2 fully saturated rings. The van der Waals surface area contributed by atoms with Gasteiger partial charge in [0, 0.05) is 23.1 Å². The first kappa shape index (κ1) is 21.1. The van der Waals surface area contributed by atoms with Gasteiger partial charge in [-0.3, -0.25) is 4.79 Å². The molecule has 4 nitrogen and oxygen atoms in total. The maximum atomic E-state index is 13.4. The first-order valence-electron chi connectivity index (χ1n) is 10.2. The Morgan fingerprint density at radius 2 is 1.57 bits per heavy atom. The second kappa shape index (κ2) is 6.74. The van der Waals surface area contributed by atoms with Crippen LogP contribution in [0.3, 0.4) is 0 Å². The lowest BCUT2D eigenvalue weighted by molar-refractivity contribution is -0.128. The van der Waals surface area contributed by atoms with Gasteiger partial charge < -0.3 is 14.2 Å². The van der Waals surface area contributed by atoms with E-state index in [2.05, 4.69) is 55.4 Å². The summed E-state index contributed by atoms with van der Waals surface area (Å²) in [5, 5.41) is 0. The van der Waals surface area contributed by atoms with Gasteiger partial charge in [-0.05, 0) is 66.4 Å². The lowest BCUT2D eigenvalue weighted by Crippen LogP contribution is -2.43. The number of hydrogen-bond acceptors (Lipinski definition) is 3. The number of amides is 1. The standard InChI is InChI=1S/C23H34BNO3/c1-20(2,3)25-16-23(8,15-24-27-21(4,5)22(6,7)28-24)18(19(25)26)14-17-12-10-9-11-13-17/h9-14H,15-16H2,1-8H3/b18-14+/t23-/m0/s1. The van der Waals surface area contributed by atoms with Crippen molar-refractivity contribution in [3.05, 3.63) is 41.5 Å². The van der Waals surface area contributed by atoms with Crippen molar-refractivity contribution >= 4 is 19.1 Å². The maximum Gasteiger partial charge on any atom is 0.458 e. The molecule has 1 atom stereocenters. The fourth-order valence-corrected chi connectivity index (χ4v) is 3.99. The van der Waals surface area contributed by atoms with Crippen molar-refractivity contribution in [1.82, 2.24) is 4.90 Å². The van der Waals surface area contributed by atoms with E-state index in [4.69, 9.17) is 9.31 Å². The molecule has 0 bridgehead atoms. The van der Waals surface area contributed by atoms with Crippen molar-refractivity contribution in [2.75, 3.05) is 6.54 Å². The van der Waals surface area contributed by atoms with E-state index < -0.39 is 0 Å². The van der Waals surface area contributed by atoms with Crippen molar-refractivity contribution in [2.45, 2.75) is 78.5 Å². The molecule has 0 saturated carbocycles. The van der Waals surface area contributed by atoms with Gasteiger partial charge in [0.25, 0.3) is 5.91 Å². The van der Waals surface area contributed by atoms with E-state index in [1.165, 1.54) is 0 Å². The van der Waals surface area contributed by atoms with E-state index >= 15 is 0 Å². The Balaban J connectivity index is 1.96. The van der Waals surface area contributed by atoms with Crippen molar-refractivity contribution in [1.29, 1.82) is 0 Å². The van der Waals surface area contributed by atoms with Gasteiger partial charge in [0.05, 0.1) is 11.2 Å². The highest BCUT2D eigenvalue weighted by molar-refractivity contribution is 6.46. The molecule has 0 spiro atoms. The summed E-state index contributed by atoms with van der Waals surface area (Å²) >= 11 is 0. The predicted octanol–water partition coefficient (Wildman–Crippen LogP) is 4.81. The zero-order valence-electron chi connectivity index (χ0n) is 18.6. The van der Waals surface area contributed by atoms with Gasteiger partial charge in [0.2, 0.25) is 0 Å². The molecule has 1 amide bonds. The van der Waals surface area contributed by atoms with Crippen LogP contribution in [0.25, 0.3) is 6.08 Å². The first-order chi connectivity index (χ1) is 12.8. The molecule has 3 rings (SSSR count). The Morgan fingerprint density at radius 3 is 2.07 bits per heavy atom. The summed E-state index contributed by atoms with van der Waals surface area (Å²) in [7, 11) is -0.332. The first-order valence-corrected chi connectivity index (χ1v) is 10.2. The third kappa shape index (κ3) is 3.79. The molecule has 2 saturated heterocycles. The van der Waals surface area contributed by atoms with Gasteiger partial charge in [-0.15, -0.1) is 0 Å². The molecule has 2 aliphatic rings. The smallest absolute Gasteiger partial charge is 0.403 e. The molecule has 0 radical (unpaired) electrons. The van der Waals surface area contributed by atoms with Crippen LogP contribution in [0, 0.1) is 5.41 Å². The molecule has 1 aromatic rings. The zero-order chi connectivity index (χ0) is 21.0. The fraction of sp³-hybridized carbons (Fsp3) is 0.609. The van der Waals surface area contributed by atoms with E-state index in [-0.39, 0.29) is 35.2 Å². The van der Waals surface area contributed by atoms with Crippen LogP contribution in [0.15, 0.2) is 35.9 Å². The van der Waals surface area contributed by atoms with Crippen molar-refractivity contribution in [3.8, 4) is 0 Å². The number of likely N-dealkylation sites (tertiary alicyclic amines) is 1. The quantitative estimate of drug-likeness (QED) is 0.556. The molecule has 0 N–H and O–H groups in total. The van der Waals surface area contributed by atoms with Crippen LogP contribution in [0.2, 0.25) is 6.32 Å². The van der Waals surface area contributed by atoms with E-state index in [0.717, 1.165) is 11.1 Å². The molecular formula is C23H34BNO3. The molecule has 5 heteroatoms. The largest absolute Gasteiger partial charge is 0.458 e. The number of rotatable bonds is 3. The Morgan fingerprint density at radius 1 is 1.04 bits per heavy atom. The summed E-state index contributed by atoms with van der Waals surface area (Å²) in [4.78, 5) is 15.4. The highest BCUT2D eigenvalue weighted by Gasteiger charge is 2.56. The Labute approximate surface area is 170 Å². The highest BCUT2D eigenvalue weighted by Crippen LogP contribution is 2.47. The minimum absolute atomic E-state index is 0.107. The molecular weight excluding hydrogens is 349 g/mol. The molecule has 1 aromatic carbocycles. The van der Waals surface area contributed by atoms with Gasteiger partial charge in [-0.25, -0.2) is 0 Å². The topological polar surface area (TPSA) is 38.8 Å². The predicted molar refractivity (Wildman–Crippen MR) is 115 cm³/mol. The number of carbonyl (C=O) groups is 1. The number of nitrogens with zero attached hydrogens (tertiary/aromatic N) is 1. The van der Waals surface area contributed by atoms with Crippen LogP contribution in [0.4, 0.5) is 0 Å². The average molecular weight is 383 g/mol. The summed E-state index contributed by atoms with van der Waals surface area (Å²) in [6.07, 6.45) is 2.69. The van der Waals surface area contributed by atoms with Crippen molar-refractivity contribution in [3.63, 3.8) is 0 Å². The van der Waals surface area contributed by atoms with Gasteiger partial charge in [0.15, 0.2) is 0 Å². The monoisotopic (exact) mass is 383 g/mol. The number of benzene rings is 1. The lowest BCUT2D eigenvalue weighted by Gasteiger charge is -2.33.